The Labute approximate surface area is 86.9 Å². The van der Waals surface area contributed by atoms with E-state index in [4.69, 9.17) is 5.11 Å². The number of aliphatic hydroxyl groups excluding tert-OH is 1. The molecule has 0 rings (SSSR count). The van der Waals surface area contributed by atoms with Gasteiger partial charge in [0, 0.05) is 0 Å². The summed E-state index contributed by atoms with van der Waals surface area (Å²) in [5.74, 6) is 0.379. The van der Waals surface area contributed by atoms with Gasteiger partial charge in [-0.2, -0.15) is 0 Å². The van der Waals surface area contributed by atoms with Crippen molar-refractivity contribution >= 4 is 6.29 Å². The topological polar surface area (TPSA) is 49.3 Å². The van der Waals surface area contributed by atoms with E-state index in [2.05, 4.69) is 19.2 Å². The minimum absolute atomic E-state index is 0.115. The molecular weight excluding hydrogens is 178 g/mol. The Bertz CT molecular complexity index is 139. The van der Waals surface area contributed by atoms with Crippen LogP contribution in [0.1, 0.15) is 46.0 Å². The van der Waals surface area contributed by atoms with Gasteiger partial charge >= 0.3 is 0 Å². The van der Waals surface area contributed by atoms with Crippen LogP contribution in [-0.2, 0) is 4.79 Å². The average Bonchev–Trinajstić information content (AvgIpc) is 2.21. The molecule has 3 nitrogen and oxygen atoms in total. The highest BCUT2D eigenvalue weighted by molar-refractivity contribution is 5.58. The Balaban J connectivity index is 4.04. The SMILES string of the molecule is CCCCC(CCC)C(C=O)NCO. The zero-order valence-electron chi connectivity index (χ0n) is 9.33. The molecular formula is C11H23NO2. The fourth-order valence-electron chi connectivity index (χ4n) is 1.77. The van der Waals surface area contributed by atoms with Gasteiger partial charge in [0.05, 0.1) is 12.8 Å². The highest BCUT2D eigenvalue weighted by Gasteiger charge is 2.18. The van der Waals surface area contributed by atoms with Crippen LogP contribution in [0.15, 0.2) is 0 Å². The van der Waals surface area contributed by atoms with Crippen LogP contribution in [0.3, 0.4) is 0 Å². The molecule has 84 valence electrons. The summed E-state index contributed by atoms with van der Waals surface area (Å²) in [4.78, 5) is 10.8. The minimum Gasteiger partial charge on any atom is -0.381 e. The lowest BCUT2D eigenvalue weighted by atomic mass is 9.90. The predicted octanol–water partition coefficient (Wildman–Crippen LogP) is 1.70. The number of aliphatic hydroxyl groups is 1. The standard InChI is InChI=1S/C11H23NO2/c1-3-5-7-10(6-4-2)11(8-13)12-9-14/h8,10-12,14H,3-7,9H2,1-2H3. The number of carbonyl (C=O) groups excluding carboxylic acids is 1. The van der Waals surface area contributed by atoms with Gasteiger partial charge in [0.15, 0.2) is 0 Å². The maximum Gasteiger partial charge on any atom is 0.137 e. The van der Waals surface area contributed by atoms with E-state index in [1.54, 1.807) is 0 Å². The van der Waals surface area contributed by atoms with Crippen LogP contribution in [0, 0.1) is 5.92 Å². The van der Waals surface area contributed by atoms with Gasteiger partial charge in [0.1, 0.15) is 6.29 Å². The number of rotatable bonds is 9. The Morgan fingerprint density at radius 3 is 2.43 bits per heavy atom. The van der Waals surface area contributed by atoms with E-state index in [-0.39, 0.29) is 12.8 Å². The van der Waals surface area contributed by atoms with Crippen molar-refractivity contribution in [1.82, 2.24) is 5.32 Å². The highest BCUT2D eigenvalue weighted by atomic mass is 16.3. The Morgan fingerprint density at radius 2 is 2.00 bits per heavy atom. The molecule has 0 aromatic heterocycles. The third-order valence-electron chi connectivity index (χ3n) is 2.57. The fourth-order valence-corrected chi connectivity index (χ4v) is 1.77. The maximum atomic E-state index is 10.8. The summed E-state index contributed by atoms with van der Waals surface area (Å²) in [6.45, 7) is 4.16. The van der Waals surface area contributed by atoms with Gasteiger partial charge < -0.3 is 9.90 Å². The van der Waals surface area contributed by atoms with Gasteiger partial charge in [-0.3, -0.25) is 5.32 Å². The Hall–Kier alpha value is -0.410. The molecule has 2 N–H and O–H groups in total. The highest BCUT2D eigenvalue weighted by Crippen LogP contribution is 2.17. The van der Waals surface area contributed by atoms with Gasteiger partial charge in [-0.15, -0.1) is 0 Å². The first-order chi connectivity index (χ1) is 6.79. The van der Waals surface area contributed by atoms with Crippen LogP contribution < -0.4 is 5.32 Å². The number of unbranched alkanes of at least 4 members (excludes halogenated alkanes) is 1. The Kier molecular flexibility index (Phi) is 8.89. The van der Waals surface area contributed by atoms with Crippen LogP contribution in [0.4, 0.5) is 0 Å². The molecule has 0 fully saturated rings. The molecule has 0 aromatic carbocycles. The molecule has 0 saturated heterocycles. The van der Waals surface area contributed by atoms with Crippen molar-refractivity contribution < 1.29 is 9.90 Å². The number of hydrogen-bond acceptors (Lipinski definition) is 3. The molecule has 2 atom stereocenters. The third kappa shape index (κ3) is 5.35. The fraction of sp³-hybridized carbons (Fsp3) is 0.909. The van der Waals surface area contributed by atoms with Gasteiger partial charge in [-0.05, 0) is 18.8 Å². The lowest BCUT2D eigenvalue weighted by Crippen LogP contribution is -2.38. The first-order valence-electron chi connectivity index (χ1n) is 5.59. The van der Waals surface area contributed by atoms with Crippen LogP contribution in [0.5, 0.6) is 0 Å². The zero-order chi connectivity index (χ0) is 10.8. The van der Waals surface area contributed by atoms with Crippen molar-refractivity contribution in [1.29, 1.82) is 0 Å². The molecule has 2 unspecified atom stereocenters. The maximum absolute atomic E-state index is 10.8. The van der Waals surface area contributed by atoms with E-state index < -0.39 is 0 Å². The van der Waals surface area contributed by atoms with E-state index in [1.165, 1.54) is 0 Å². The predicted molar refractivity (Wildman–Crippen MR) is 58.0 cm³/mol. The van der Waals surface area contributed by atoms with Gasteiger partial charge in [-0.25, -0.2) is 0 Å². The molecule has 0 spiro atoms. The molecule has 3 heteroatoms. The van der Waals surface area contributed by atoms with E-state index in [0.717, 1.165) is 38.4 Å². The largest absolute Gasteiger partial charge is 0.381 e. The first kappa shape index (κ1) is 13.6. The quantitative estimate of drug-likeness (QED) is 0.441. The lowest BCUT2D eigenvalue weighted by molar-refractivity contribution is -0.111. The normalized spacial score (nSPS) is 15.1. The van der Waals surface area contributed by atoms with Crippen molar-refractivity contribution in [2.45, 2.75) is 52.0 Å². The van der Waals surface area contributed by atoms with Crippen molar-refractivity contribution in [2.24, 2.45) is 5.92 Å². The van der Waals surface area contributed by atoms with Crippen molar-refractivity contribution in [3.63, 3.8) is 0 Å². The smallest absolute Gasteiger partial charge is 0.137 e. The number of aldehydes is 1. The summed E-state index contributed by atoms with van der Waals surface area (Å²) in [5, 5.41) is 11.6. The van der Waals surface area contributed by atoms with Gasteiger partial charge in [0.2, 0.25) is 0 Å². The van der Waals surface area contributed by atoms with Crippen LogP contribution in [0.25, 0.3) is 0 Å². The van der Waals surface area contributed by atoms with Crippen LogP contribution in [0.2, 0.25) is 0 Å². The summed E-state index contributed by atoms with van der Waals surface area (Å²) in [6, 6.07) is -0.175. The molecule has 0 aliphatic carbocycles. The number of carbonyl (C=O) groups is 1. The molecule has 0 heterocycles. The molecule has 0 bridgehead atoms. The monoisotopic (exact) mass is 201 g/mol. The molecule has 0 amide bonds. The Morgan fingerprint density at radius 1 is 1.29 bits per heavy atom. The number of nitrogens with one attached hydrogen (secondary N) is 1. The summed E-state index contributed by atoms with van der Waals surface area (Å²) in [6.07, 6.45) is 6.45. The van der Waals surface area contributed by atoms with Crippen LogP contribution >= 0.6 is 0 Å². The van der Waals surface area contributed by atoms with E-state index in [9.17, 15) is 4.79 Å². The average molecular weight is 201 g/mol. The molecule has 14 heavy (non-hydrogen) atoms. The second-order valence-corrected chi connectivity index (χ2v) is 3.72. The lowest BCUT2D eigenvalue weighted by Gasteiger charge is -2.22. The summed E-state index contributed by atoms with van der Waals surface area (Å²) in [5.41, 5.74) is 0. The molecule has 0 radical (unpaired) electrons. The summed E-state index contributed by atoms with van der Waals surface area (Å²) < 4.78 is 0. The zero-order valence-corrected chi connectivity index (χ0v) is 9.33. The van der Waals surface area contributed by atoms with Gasteiger partial charge in [-0.1, -0.05) is 33.1 Å². The minimum atomic E-state index is -0.175. The molecule has 0 aliphatic rings. The second-order valence-electron chi connectivity index (χ2n) is 3.72. The third-order valence-corrected chi connectivity index (χ3v) is 2.57. The van der Waals surface area contributed by atoms with E-state index in [1.807, 2.05) is 0 Å². The van der Waals surface area contributed by atoms with Gasteiger partial charge in [0.25, 0.3) is 0 Å². The van der Waals surface area contributed by atoms with E-state index >= 15 is 0 Å². The van der Waals surface area contributed by atoms with Crippen molar-refractivity contribution in [3.05, 3.63) is 0 Å². The molecule has 0 aromatic rings. The first-order valence-corrected chi connectivity index (χ1v) is 5.59. The van der Waals surface area contributed by atoms with E-state index in [0.29, 0.717) is 5.92 Å². The number of hydrogen-bond donors (Lipinski definition) is 2. The van der Waals surface area contributed by atoms with Crippen molar-refractivity contribution in [3.8, 4) is 0 Å². The molecule has 0 aliphatic heterocycles. The summed E-state index contributed by atoms with van der Waals surface area (Å²) >= 11 is 0. The second kappa shape index (κ2) is 9.16. The summed E-state index contributed by atoms with van der Waals surface area (Å²) in [7, 11) is 0. The molecule has 0 saturated carbocycles. The van der Waals surface area contributed by atoms with Crippen molar-refractivity contribution in [2.75, 3.05) is 6.73 Å². The van der Waals surface area contributed by atoms with Crippen LogP contribution in [-0.4, -0.2) is 24.2 Å².